The monoisotopic (exact) mass is 336 g/mol. The van der Waals surface area contributed by atoms with Crippen molar-refractivity contribution in [2.24, 2.45) is 0 Å². The molecule has 25 heavy (non-hydrogen) atoms. The molecule has 4 heterocycles. The SMILES string of the molecule is CN(C(=O)c1cnn2cccnc12)C1CCCN(c2ccccn2)C1. The molecule has 3 aromatic heterocycles. The highest BCUT2D eigenvalue weighted by Gasteiger charge is 2.28. The Balaban J connectivity index is 1.53. The molecule has 1 aliphatic rings. The van der Waals surface area contributed by atoms with Gasteiger partial charge in [-0.05, 0) is 31.0 Å². The van der Waals surface area contributed by atoms with Gasteiger partial charge in [0.1, 0.15) is 11.4 Å². The van der Waals surface area contributed by atoms with Crippen LogP contribution in [0.3, 0.4) is 0 Å². The zero-order valence-corrected chi connectivity index (χ0v) is 14.1. The van der Waals surface area contributed by atoms with Gasteiger partial charge in [-0.15, -0.1) is 0 Å². The third-order valence-electron chi connectivity index (χ3n) is 4.75. The van der Waals surface area contributed by atoms with E-state index in [9.17, 15) is 4.79 Å². The summed E-state index contributed by atoms with van der Waals surface area (Å²) in [5.41, 5.74) is 1.13. The highest BCUT2D eigenvalue weighted by molar-refractivity contribution is 5.99. The van der Waals surface area contributed by atoms with Gasteiger partial charge in [0.15, 0.2) is 5.65 Å². The molecule has 1 amide bonds. The van der Waals surface area contributed by atoms with Gasteiger partial charge in [0.25, 0.3) is 5.91 Å². The van der Waals surface area contributed by atoms with Crippen LogP contribution < -0.4 is 4.90 Å². The van der Waals surface area contributed by atoms with Crippen molar-refractivity contribution < 1.29 is 4.79 Å². The lowest BCUT2D eigenvalue weighted by molar-refractivity contribution is 0.0719. The fourth-order valence-corrected chi connectivity index (χ4v) is 3.35. The minimum Gasteiger partial charge on any atom is -0.355 e. The molecule has 7 nitrogen and oxygen atoms in total. The van der Waals surface area contributed by atoms with Crippen molar-refractivity contribution in [2.75, 3.05) is 25.0 Å². The average molecular weight is 336 g/mol. The fraction of sp³-hybridized carbons (Fsp3) is 0.333. The Morgan fingerprint density at radius 1 is 1.24 bits per heavy atom. The molecular weight excluding hydrogens is 316 g/mol. The lowest BCUT2D eigenvalue weighted by Gasteiger charge is -2.38. The van der Waals surface area contributed by atoms with E-state index < -0.39 is 0 Å². The van der Waals surface area contributed by atoms with Crippen LogP contribution in [0.15, 0.2) is 49.1 Å². The Kier molecular flexibility index (Phi) is 4.05. The van der Waals surface area contributed by atoms with Crippen LogP contribution in [0, 0.1) is 0 Å². The molecule has 1 atom stereocenters. The zero-order valence-electron chi connectivity index (χ0n) is 14.1. The van der Waals surface area contributed by atoms with Crippen molar-refractivity contribution >= 4 is 17.4 Å². The molecule has 0 aliphatic carbocycles. The van der Waals surface area contributed by atoms with Gasteiger partial charge in [0.2, 0.25) is 0 Å². The third kappa shape index (κ3) is 2.93. The third-order valence-corrected chi connectivity index (χ3v) is 4.75. The van der Waals surface area contributed by atoms with E-state index in [1.54, 1.807) is 35.4 Å². The Morgan fingerprint density at radius 3 is 2.96 bits per heavy atom. The maximum atomic E-state index is 13.0. The molecule has 3 aromatic rings. The number of piperidine rings is 1. The standard InChI is InChI=1S/C18H20N6O/c1-22(18(25)15-12-21-24-11-5-9-20-17(15)24)14-6-4-10-23(13-14)16-7-2-3-8-19-16/h2-3,5,7-9,11-12,14H,4,6,10,13H2,1H3. The van der Waals surface area contributed by atoms with E-state index in [1.165, 1.54) is 0 Å². The summed E-state index contributed by atoms with van der Waals surface area (Å²) in [7, 11) is 1.86. The van der Waals surface area contributed by atoms with Gasteiger partial charge in [-0.2, -0.15) is 5.10 Å². The molecule has 0 bridgehead atoms. The summed E-state index contributed by atoms with van der Waals surface area (Å²) in [5.74, 6) is 0.923. The van der Waals surface area contributed by atoms with Gasteiger partial charge in [0.05, 0.1) is 6.20 Å². The first-order valence-electron chi connectivity index (χ1n) is 8.45. The maximum absolute atomic E-state index is 13.0. The number of hydrogen-bond acceptors (Lipinski definition) is 5. The molecule has 0 saturated carbocycles. The molecule has 1 fully saturated rings. The largest absolute Gasteiger partial charge is 0.355 e. The van der Waals surface area contributed by atoms with Crippen LogP contribution in [0.4, 0.5) is 5.82 Å². The molecule has 128 valence electrons. The molecule has 1 unspecified atom stereocenters. The molecule has 0 N–H and O–H groups in total. The van der Waals surface area contributed by atoms with Crippen molar-refractivity contribution in [3.8, 4) is 0 Å². The highest BCUT2D eigenvalue weighted by atomic mass is 16.2. The number of rotatable bonds is 3. The summed E-state index contributed by atoms with van der Waals surface area (Å²) < 4.78 is 1.63. The lowest BCUT2D eigenvalue weighted by Crippen LogP contribution is -2.48. The van der Waals surface area contributed by atoms with Gasteiger partial charge in [-0.3, -0.25) is 4.79 Å². The number of carbonyl (C=O) groups is 1. The van der Waals surface area contributed by atoms with Crippen molar-refractivity contribution in [1.29, 1.82) is 0 Å². The minimum atomic E-state index is -0.0402. The maximum Gasteiger partial charge on any atom is 0.259 e. The Morgan fingerprint density at radius 2 is 2.12 bits per heavy atom. The summed E-state index contributed by atoms with van der Waals surface area (Å²) in [6.45, 7) is 1.75. The number of carbonyl (C=O) groups excluding carboxylic acids is 1. The second-order valence-electron chi connectivity index (χ2n) is 6.29. The second-order valence-corrected chi connectivity index (χ2v) is 6.29. The molecule has 4 rings (SSSR count). The number of aromatic nitrogens is 4. The number of likely N-dealkylation sites (N-methyl/N-ethyl adjacent to an activating group) is 1. The van der Waals surface area contributed by atoms with Crippen LogP contribution >= 0.6 is 0 Å². The molecule has 1 saturated heterocycles. The van der Waals surface area contributed by atoms with Crippen molar-refractivity contribution in [3.05, 3.63) is 54.6 Å². The first-order valence-corrected chi connectivity index (χ1v) is 8.45. The smallest absolute Gasteiger partial charge is 0.259 e. The number of pyridine rings is 1. The zero-order chi connectivity index (χ0) is 17.2. The molecule has 1 aliphatic heterocycles. The number of amides is 1. The van der Waals surface area contributed by atoms with E-state index in [0.717, 1.165) is 31.7 Å². The summed E-state index contributed by atoms with van der Waals surface area (Å²) in [4.78, 5) is 25.7. The molecule has 0 radical (unpaired) electrons. The van der Waals surface area contributed by atoms with Crippen LogP contribution in [0.1, 0.15) is 23.2 Å². The number of hydrogen-bond donors (Lipinski definition) is 0. The quantitative estimate of drug-likeness (QED) is 0.730. The molecule has 0 spiro atoms. The summed E-state index contributed by atoms with van der Waals surface area (Å²) in [6.07, 6.45) is 8.89. The predicted octanol–water partition coefficient (Wildman–Crippen LogP) is 1.87. The van der Waals surface area contributed by atoms with Gasteiger partial charge < -0.3 is 9.80 Å². The summed E-state index contributed by atoms with van der Waals surface area (Å²) in [6, 6.07) is 7.86. The predicted molar refractivity (Wildman–Crippen MR) is 94.6 cm³/mol. The number of anilines is 1. The van der Waals surface area contributed by atoms with Gasteiger partial charge >= 0.3 is 0 Å². The van der Waals surface area contributed by atoms with Crippen molar-refractivity contribution in [1.82, 2.24) is 24.5 Å². The molecule has 0 aromatic carbocycles. The Labute approximate surface area is 145 Å². The van der Waals surface area contributed by atoms with Gasteiger partial charge in [0, 0.05) is 44.8 Å². The van der Waals surface area contributed by atoms with Crippen molar-refractivity contribution in [2.45, 2.75) is 18.9 Å². The number of fused-ring (bicyclic) bond motifs is 1. The Bertz CT molecular complexity index is 877. The second kappa shape index (κ2) is 6.51. The number of nitrogens with zero attached hydrogens (tertiary/aromatic N) is 6. The molecule has 7 heteroatoms. The normalized spacial score (nSPS) is 17.6. The van der Waals surface area contributed by atoms with E-state index in [2.05, 4.69) is 20.0 Å². The average Bonchev–Trinajstić information content (AvgIpc) is 3.12. The Hall–Kier alpha value is -2.96. The van der Waals surface area contributed by atoms with E-state index >= 15 is 0 Å². The van der Waals surface area contributed by atoms with Crippen LogP contribution in [0.5, 0.6) is 0 Å². The van der Waals surface area contributed by atoms with Crippen LogP contribution in [0.2, 0.25) is 0 Å². The van der Waals surface area contributed by atoms with Crippen LogP contribution in [0.25, 0.3) is 5.65 Å². The van der Waals surface area contributed by atoms with Gasteiger partial charge in [-0.1, -0.05) is 6.07 Å². The lowest BCUT2D eigenvalue weighted by atomic mass is 10.0. The van der Waals surface area contributed by atoms with Crippen LogP contribution in [-0.4, -0.2) is 56.6 Å². The summed E-state index contributed by atoms with van der Waals surface area (Å²) in [5, 5.41) is 4.22. The molecular formula is C18H20N6O. The topological polar surface area (TPSA) is 66.6 Å². The van der Waals surface area contributed by atoms with E-state index in [0.29, 0.717) is 11.2 Å². The van der Waals surface area contributed by atoms with Crippen LogP contribution in [-0.2, 0) is 0 Å². The summed E-state index contributed by atoms with van der Waals surface area (Å²) >= 11 is 0. The van der Waals surface area contributed by atoms with Gasteiger partial charge in [-0.25, -0.2) is 14.5 Å². The first-order chi connectivity index (χ1) is 12.2. The minimum absolute atomic E-state index is 0.0402. The highest BCUT2D eigenvalue weighted by Crippen LogP contribution is 2.21. The van der Waals surface area contributed by atoms with E-state index in [1.807, 2.05) is 30.1 Å². The fourth-order valence-electron chi connectivity index (χ4n) is 3.35. The van der Waals surface area contributed by atoms with E-state index in [-0.39, 0.29) is 11.9 Å². The first kappa shape index (κ1) is 15.6. The van der Waals surface area contributed by atoms with E-state index in [4.69, 9.17) is 0 Å². The van der Waals surface area contributed by atoms with Crippen molar-refractivity contribution in [3.63, 3.8) is 0 Å².